The molecule has 35 heavy (non-hydrogen) atoms. The molecule has 9 heteroatoms. The van der Waals surface area contributed by atoms with Crippen molar-refractivity contribution in [2.75, 3.05) is 24.6 Å². The molecule has 1 N–H and O–H groups in total. The van der Waals surface area contributed by atoms with Crippen molar-refractivity contribution in [3.63, 3.8) is 0 Å². The third-order valence-electron chi connectivity index (χ3n) is 6.51. The molecule has 182 valence electrons. The molecular weight excluding hydrogens is 480 g/mol. The van der Waals surface area contributed by atoms with Crippen LogP contribution in [0, 0.1) is 6.92 Å². The Bertz CT molecular complexity index is 1320. The first-order valence-corrected chi connectivity index (χ1v) is 14.0. The predicted octanol–water partition coefficient (Wildman–Crippen LogP) is 3.52. The minimum absolute atomic E-state index is 0.214. The first kappa shape index (κ1) is 24.1. The number of benzene rings is 2. The van der Waals surface area contributed by atoms with E-state index in [0.717, 1.165) is 30.3 Å². The lowest BCUT2D eigenvalue weighted by molar-refractivity contribution is -0.135. The van der Waals surface area contributed by atoms with Crippen LogP contribution in [0.5, 0.6) is 0 Å². The zero-order chi connectivity index (χ0) is 24.4. The van der Waals surface area contributed by atoms with Crippen LogP contribution in [0.25, 0.3) is 10.9 Å². The molecule has 2 aromatic carbocycles. The van der Waals surface area contributed by atoms with Crippen molar-refractivity contribution in [1.29, 1.82) is 0 Å². The van der Waals surface area contributed by atoms with E-state index in [1.54, 1.807) is 18.7 Å². The van der Waals surface area contributed by atoms with Crippen molar-refractivity contribution >= 4 is 46.2 Å². The van der Waals surface area contributed by atoms with E-state index in [1.165, 1.54) is 27.2 Å². The maximum atomic E-state index is 13.3. The molecule has 0 radical (unpaired) electrons. The lowest BCUT2D eigenvalue weighted by atomic mass is 10.1. The van der Waals surface area contributed by atoms with Gasteiger partial charge in [0, 0.05) is 48.2 Å². The Balaban J connectivity index is 1.30. The first-order chi connectivity index (χ1) is 17.0. The summed E-state index contributed by atoms with van der Waals surface area (Å²) in [6.07, 6.45) is 0.520. The van der Waals surface area contributed by atoms with Gasteiger partial charge in [-0.2, -0.15) is 11.8 Å². The number of carbonyl (C=O) groups excluding carboxylic acids is 2. The molecule has 1 unspecified atom stereocenters. The summed E-state index contributed by atoms with van der Waals surface area (Å²) >= 11 is 3.70. The maximum absolute atomic E-state index is 13.3. The summed E-state index contributed by atoms with van der Waals surface area (Å²) in [5.74, 6) is 2.96. The Morgan fingerprint density at radius 1 is 1.06 bits per heavy atom. The highest BCUT2D eigenvalue weighted by Crippen LogP contribution is 2.26. The minimum Gasteiger partial charge on any atom is -0.297 e. The maximum Gasteiger partial charge on any atom is 0.262 e. The predicted molar refractivity (Wildman–Crippen MR) is 141 cm³/mol. The highest BCUT2D eigenvalue weighted by Gasteiger charge is 2.30. The molecule has 2 aliphatic rings. The lowest BCUT2D eigenvalue weighted by Gasteiger charge is -2.26. The second kappa shape index (κ2) is 10.6. The number of nitrogens with zero attached hydrogens (tertiary/aromatic N) is 3. The van der Waals surface area contributed by atoms with Gasteiger partial charge in [0.15, 0.2) is 0 Å². The van der Waals surface area contributed by atoms with E-state index in [-0.39, 0.29) is 17.9 Å². The summed E-state index contributed by atoms with van der Waals surface area (Å²) in [5.41, 5.74) is 2.94. The second-order valence-electron chi connectivity index (χ2n) is 8.97. The molecule has 7 nitrogen and oxygen atoms in total. The number of aromatic nitrogens is 2. The quantitative estimate of drug-likeness (QED) is 0.403. The van der Waals surface area contributed by atoms with Gasteiger partial charge in [-0.15, -0.1) is 11.8 Å². The molecule has 3 aromatic rings. The zero-order valence-corrected chi connectivity index (χ0v) is 21.3. The number of thioether (sulfide) groups is 2. The average Bonchev–Trinajstić information content (AvgIpc) is 2.86. The summed E-state index contributed by atoms with van der Waals surface area (Å²) in [6.45, 7) is 5.04. The standard InChI is InChI=1S/C26H28N4O3S2/c1-17-27-22-7-6-20(14-21(22)26(33)30(17)23-8-9-24(31)28-25(23)32)35-16-19-4-2-18(3-5-19)15-29-10-12-34-13-11-29/h2-7,14,23H,8-13,15-16H2,1H3,(H,28,31,32). The number of rotatable bonds is 6. The Labute approximate surface area is 212 Å². The van der Waals surface area contributed by atoms with Gasteiger partial charge in [-0.25, -0.2) is 4.98 Å². The van der Waals surface area contributed by atoms with Crippen LogP contribution in [0.1, 0.15) is 35.8 Å². The third kappa shape index (κ3) is 5.47. The van der Waals surface area contributed by atoms with Crippen molar-refractivity contribution in [1.82, 2.24) is 19.8 Å². The first-order valence-electron chi connectivity index (χ1n) is 11.9. The number of nitrogens with one attached hydrogen (secondary N) is 1. The number of hydrogen-bond acceptors (Lipinski definition) is 7. The monoisotopic (exact) mass is 508 g/mol. The van der Waals surface area contributed by atoms with Crippen LogP contribution >= 0.6 is 23.5 Å². The fraction of sp³-hybridized carbons (Fsp3) is 0.385. The molecular formula is C26H28N4O3S2. The van der Waals surface area contributed by atoms with E-state index in [1.807, 2.05) is 30.0 Å². The SMILES string of the molecule is Cc1nc2ccc(SCc3ccc(CN4CCSCC4)cc3)cc2c(=O)n1C1CCC(=O)NC1=O. The Morgan fingerprint density at radius 2 is 1.80 bits per heavy atom. The van der Waals surface area contributed by atoms with Crippen molar-refractivity contribution in [2.45, 2.75) is 43.0 Å². The number of amides is 2. The van der Waals surface area contributed by atoms with Crippen molar-refractivity contribution in [3.05, 3.63) is 69.8 Å². The fourth-order valence-electron chi connectivity index (χ4n) is 4.60. The molecule has 0 aliphatic carbocycles. The van der Waals surface area contributed by atoms with E-state index in [4.69, 9.17) is 0 Å². The number of imide groups is 1. The Morgan fingerprint density at radius 3 is 2.54 bits per heavy atom. The molecule has 2 amide bonds. The van der Waals surface area contributed by atoms with Crippen molar-refractivity contribution in [2.24, 2.45) is 0 Å². The third-order valence-corrected chi connectivity index (χ3v) is 8.52. The number of hydrogen-bond donors (Lipinski definition) is 1. The minimum atomic E-state index is -0.712. The summed E-state index contributed by atoms with van der Waals surface area (Å²) in [5, 5.41) is 2.82. The van der Waals surface area contributed by atoms with Gasteiger partial charge < -0.3 is 0 Å². The van der Waals surface area contributed by atoms with Gasteiger partial charge in [0.25, 0.3) is 5.56 Å². The summed E-state index contributed by atoms with van der Waals surface area (Å²) < 4.78 is 1.43. The molecule has 0 bridgehead atoms. The largest absolute Gasteiger partial charge is 0.297 e. The molecule has 1 aromatic heterocycles. The highest BCUT2D eigenvalue weighted by molar-refractivity contribution is 7.99. The number of fused-ring (bicyclic) bond motifs is 1. The van der Waals surface area contributed by atoms with Crippen LogP contribution < -0.4 is 10.9 Å². The summed E-state index contributed by atoms with van der Waals surface area (Å²) in [4.78, 5) is 45.3. The van der Waals surface area contributed by atoms with E-state index >= 15 is 0 Å². The van der Waals surface area contributed by atoms with E-state index < -0.39 is 11.9 Å². The van der Waals surface area contributed by atoms with Gasteiger partial charge in [0.2, 0.25) is 11.8 Å². The molecule has 0 spiro atoms. The molecule has 0 saturated carbocycles. The normalized spacial score (nSPS) is 19.2. The van der Waals surface area contributed by atoms with Crippen molar-refractivity contribution < 1.29 is 9.59 Å². The smallest absolute Gasteiger partial charge is 0.262 e. The van der Waals surface area contributed by atoms with Crippen LogP contribution in [-0.2, 0) is 21.9 Å². The molecule has 2 saturated heterocycles. The van der Waals surface area contributed by atoms with Crippen LogP contribution in [0.15, 0.2) is 52.2 Å². The van der Waals surface area contributed by atoms with Gasteiger partial charge in [-0.05, 0) is 42.7 Å². The Kier molecular flexibility index (Phi) is 7.27. The van der Waals surface area contributed by atoms with Crippen molar-refractivity contribution in [3.8, 4) is 0 Å². The molecule has 1 atom stereocenters. The van der Waals surface area contributed by atoms with E-state index in [9.17, 15) is 14.4 Å². The van der Waals surface area contributed by atoms with Crippen LogP contribution in [-0.4, -0.2) is 50.9 Å². The van der Waals surface area contributed by atoms with Crippen LogP contribution in [0.2, 0.25) is 0 Å². The van der Waals surface area contributed by atoms with E-state index in [0.29, 0.717) is 23.1 Å². The van der Waals surface area contributed by atoms with Gasteiger partial charge in [-0.3, -0.25) is 29.2 Å². The summed E-state index contributed by atoms with van der Waals surface area (Å²) in [7, 11) is 0. The van der Waals surface area contributed by atoms with Crippen LogP contribution in [0.3, 0.4) is 0 Å². The lowest BCUT2D eigenvalue weighted by Crippen LogP contribution is -2.45. The molecule has 3 heterocycles. The highest BCUT2D eigenvalue weighted by atomic mass is 32.2. The van der Waals surface area contributed by atoms with Crippen LogP contribution in [0.4, 0.5) is 0 Å². The second-order valence-corrected chi connectivity index (χ2v) is 11.2. The van der Waals surface area contributed by atoms with Gasteiger partial charge in [0.1, 0.15) is 11.9 Å². The molecule has 2 fully saturated rings. The number of aryl methyl sites for hydroxylation is 1. The molecule has 2 aliphatic heterocycles. The topological polar surface area (TPSA) is 84.3 Å². The number of piperidine rings is 1. The summed E-state index contributed by atoms with van der Waals surface area (Å²) in [6, 6.07) is 13.8. The number of carbonyl (C=O) groups is 2. The van der Waals surface area contributed by atoms with Gasteiger partial charge >= 0.3 is 0 Å². The van der Waals surface area contributed by atoms with Gasteiger partial charge in [0.05, 0.1) is 10.9 Å². The molecule has 5 rings (SSSR count). The fourth-order valence-corrected chi connectivity index (χ4v) is 6.47. The van der Waals surface area contributed by atoms with Gasteiger partial charge in [-0.1, -0.05) is 24.3 Å². The average molecular weight is 509 g/mol. The Hall–Kier alpha value is -2.62. The zero-order valence-electron chi connectivity index (χ0n) is 19.7. The van der Waals surface area contributed by atoms with E-state index in [2.05, 4.69) is 39.5 Å².